The van der Waals surface area contributed by atoms with Crippen LogP contribution in [0, 0.1) is 5.82 Å². The zero-order valence-electron chi connectivity index (χ0n) is 11.4. The summed E-state index contributed by atoms with van der Waals surface area (Å²) in [6.07, 6.45) is 0.0628. The summed E-state index contributed by atoms with van der Waals surface area (Å²) in [5.41, 5.74) is 5.50. The average Bonchev–Trinajstić information content (AvgIpc) is 2.63. The van der Waals surface area contributed by atoms with Crippen LogP contribution < -0.4 is 15.8 Å². The van der Waals surface area contributed by atoms with Gasteiger partial charge < -0.3 is 15.8 Å². The molecule has 0 aliphatic carbocycles. The molecule has 116 valence electrons. The van der Waals surface area contributed by atoms with E-state index in [1.807, 2.05) is 0 Å². The maximum atomic E-state index is 13.8. The smallest absolute Gasteiger partial charge is 0.243 e. The molecule has 1 amide bonds. The van der Waals surface area contributed by atoms with Crippen molar-refractivity contribution in [3.05, 3.63) is 17.9 Å². The number of hydrogen-bond acceptors (Lipinski definition) is 5. The third-order valence-electron chi connectivity index (χ3n) is 3.16. The molecule has 21 heavy (non-hydrogen) atoms. The number of carbonyl (C=O) groups excluding carboxylic acids is 1. The predicted molar refractivity (Wildman–Crippen MR) is 73.7 cm³/mol. The number of carbonyl (C=O) groups is 1. The monoisotopic (exact) mass is 317 g/mol. The average molecular weight is 317 g/mol. The highest BCUT2D eigenvalue weighted by molar-refractivity contribution is 7.89. The largest absolute Gasteiger partial charge is 0.492 e. The Kier molecular flexibility index (Phi) is 4.33. The number of anilines is 1. The van der Waals surface area contributed by atoms with E-state index in [2.05, 4.69) is 5.32 Å². The molecule has 3 N–H and O–H groups in total. The lowest BCUT2D eigenvalue weighted by Gasteiger charge is -2.20. The minimum atomic E-state index is -3.91. The zero-order valence-corrected chi connectivity index (χ0v) is 12.2. The van der Waals surface area contributed by atoms with Gasteiger partial charge in [-0.05, 0) is 12.1 Å². The minimum Gasteiger partial charge on any atom is -0.492 e. The molecule has 1 saturated heterocycles. The predicted octanol–water partition coefficient (Wildman–Crippen LogP) is -0.0729. The highest BCUT2D eigenvalue weighted by Gasteiger charge is 2.28. The van der Waals surface area contributed by atoms with E-state index in [4.69, 9.17) is 10.5 Å². The number of ether oxygens (including phenoxy) is 1. The van der Waals surface area contributed by atoms with E-state index in [0.29, 0.717) is 0 Å². The number of sulfonamides is 1. The normalized spacial score (nSPS) is 17.1. The molecule has 9 heteroatoms. The quantitative estimate of drug-likeness (QED) is 0.760. The summed E-state index contributed by atoms with van der Waals surface area (Å²) in [4.78, 5) is 11.0. The molecule has 0 aromatic heterocycles. The molecule has 1 aromatic carbocycles. The molecule has 2 rings (SSSR count). The Morgan fingerprint density at radius 1 is 1.38 bits per heavy atom. The van der Waals surface area contributed by atoms with Gasteiger partial charge in [0.25, 0.3) is 0 Å². The molecule has 1 fully saturated rings. The number of benzene rings is 1. The first-order valence-corrected chi connectivity index (χ1v) is 7.70. The second-order valence-electron chi connectivity index (χ2n) is 4.53. The second-order valence-corrected chi connectivity index (χ2v) is 6.47. The third-order valence-corrected chi connectivity index (χ3v) is 5.04. The van der Waals surface area contributed by atoms with Crippen LogP contribution in [-0.2, 0) is 14.8 Å². The first-order valence-electron chi connectivity index (χ1n) is 6.26. The van der Waals surface area contributed by atoms with Gasteiger partial charge in [-0.2, -0.15) is 4.31 Å². The van der Waals surface area contributed by atoms with Crippen LogP contribution in [-0.4, -0.2) is 45.4 Å². The van der Waals surface area contributed by atoms with E-state index in [0.717, 1.165) is 16.4 Å². The highest BCUT2D eigenvalue weighted by Crippen LogP contribution is 2.30. The SMILES string of the molecule is COc1c(N)cc(S(=O)(=O)N2CCNC(=O)CC2)cc1F. The van der Waals surface area contributed by atoms with Crippen molar-refractivity contribution in [3.63, 3.8) is 0 Å². The van der Waals surface area contributed by atoms with Crippen LogP contribution in [0.2, 0.25) is 0 Å². The van der Waals surface area contributed by atoms with Gasteiger partial charge >= 0.3 is 0 Å². The molecule has 7 nitrogen and oxygen atoms in total. The number of halogens is 1. The molecule has 0 atom stereocenters. The van der Waals surface area contributed by atoms with Crippen molar-refractivity contribution in [2.75, 3.05) is 32.5 Å². The molecular formula is C12H16FN3O4S. The van der Waals surface area contributed by atoms with Crippen LogP contribution in [0.15, 0.2) is 17.0 Å². The van der Waals surface area contributed by atoms with Gasteiger partial charge in [-0.25, -0.2) is 12.8 Å². The van der Waals surface area contributed by atoms with Gasteiger partial charge in [-0.15, -0.1) is 0 Å². The fourth-order valence-corrected chi connectivity index (χ4v) is 3.58. The number of amides is 1. The number of nitrogen functional groups attached to an aromatic ring is 1. The second kappa shape index (κ2) is 5.86. The van der Waals surface area contributed by atoms with E-state index < -0.39 is 15.8 Å². The van der Waals surface area contributed by atoms with E-state index >= 15 is 0 Å². The van der Waals surface area contributed by atoms with Gasteiger partial charge in [0.05, 0.1) is 17.7 Å². The van der Waals surface area contributed by atoms with Crippen LogP contribution in [0.25, 0.3) is 0 Å². The van der Waals surface area contributed by atoms with Crippen LogP contribution >= 0.6 is 0 Å². The zero-order chi connectivity index (χ0) is 15.6. The maximum Gasteiger partial charge on any atom is 0.243 e. The van der Waals surface area contributed by atoms with Crippen molar-refractivity contribution >= 4 is 21.6 Å². The molecular weight excluding hydrogens is 301 g/mol. The number of nitrogens with two attached hydrogens (primary N) is 1. The van der Waals surface area contributed by atoms with Gasteiger partial charge in [0, 0.05) is 26.1 Å². The van der Waals surface area contributed by atoms with Gasteiger partial charge in [0.2, 0.25) is 15.9 Å². The topological polar surface area (TPSA) is 102 Å². The van der Waals surface area contributed by atoms with E-state index in [1.165, 1.54) is 7.11 Å². The molecule has 0 unspecified atom stereocenters. The standard InChI is InChI=1S/C12H16FN3O4S/c1-20-12-9(13)6-8(7-10(12)14)21(18,19)16-4-2-11(17)15-3-5-16/h6-7H,2-5,14H2,1H3,(H,15,17). The Balaban J connectivity index is 2.37. The van der Waals surface area contributed by atoms with Gasteiger partial charge in [0.1, 0.15) is 0 Å². The Labute approximate surface area is 121 Å². The van der Waals surface area contributed by atoms with Crippen LogP contribution in [0.3, 0.4) is 0 Å². The Bertz CT molecular complexity index is 639. The lowest BCUT2D eigenvalue weighted by molar-refractivity contribution is -0.120. The lowest BCUT2D eigenvalue weighted by atomic mass is 10.3. The Morgan fingerprint density at radius 3 is 2.71 bits per heavy atom. The summed E-state index contributed by atoms with van der Waals surface area (Å²) in [5.74, 6) is -1.25. The minimum absolute atomic E-state index is 0.0434. The van der Waals surface area contributed by atoms with Crippen molar-refractivity contribution in [1.82, 2.24) is 9.62 Å². The number of nitrogens with zero attached hydrogens (tertiary/aromatic N) is 1. The molecule has 1 heterocycles. The van der Waals surface area contributed by atoms with Crippen LogP contribution in [0.1, 0.15) is 6.42 Å². The summed E-state index contributed by atoms with van der Waals surface area (Å²) in [7, 11) is -2.67. The number of hydrogen-bond donors (Lipinski definition) is 2. The summed E-state index contributed by atoms with van der Waals surface area (Å²) < 4.78 is 44.6. The van der Waals surface area contributed by atoms with Gasteiger partial charge in [-0.3, -0.25) is 4.79 Å². The molecule has 1 aromatic rings. The maximum absolute atomic E-state index is 13.8. The van der Waals surface area contributed by atoms with Crippen molar-refractivity contribution in [2.45, 2.75) is 11.3 Å². The van der Waals surface area contributed by atoms with Crippen LogP contribution in [0.5, 0.6) is 5.75 Å². The molecule has 0 spiro atoms. The summed E-state index contributed by atoms with van der Waals surface area (Å²) >= 11 is 0. The molecule has 0 radical (unpaired) electrons. The lowest BCUT2D eigenvalue weighted by Crippen LogP contribution is -2.34. The highest BCUT2D eigenvalue weighted by atomic mass is 32.2. The van der Waals surface area contributed by atoms with Gasteiger partial charge in [-0.1, -0.05) is 0 Å². The molecule has 1 aliphatic heterocycles. The van der Waals surface area contributed by atoms with Crippen molar-refractivity contribution in [2.24, 2.45) is 0 Å². The third kappa shape index (κ3) is 3.08. The molecule has 0 bridgehead atoms. The first-order chi connectivity index (χ1) is 9.86. The van der Waals surface area contributed by atoms with E-state index in [1.54, 1.807) is 0 Å². The van der Waals surface area contributed by atoms with Crippen molar-refractivity contribution in [3.8, 4) is 5.75 Å². The fraction of sp³-hybridized carbons (Fsp3) is 0.417. The van der Waals surface area contributed by atoms with Gasteiger partial charge in [0.15, 0.2) is 11.6 Å². The number of methoxy groups -OCH3 is 1. The van der Waals surface area contributed by atoms with Crippen molar-refractivity contribution < 1.29 is 22.3 Å². The Morgan fingerprint density at radius 2 is 2.10 bits per heavy atom. The number of rotatable bonds is 3. The summed E-state index contributed by atoms with van der Waals surface area (Å²) in [6.45, 7) is 0.384. The summed E-state index contributed by atoms with van der Waals surface area (Å²) in [6, 6.07) is 2.02. The summed E-state index contributed by atoms with van der Waals surface area (Å²) in [5, 5.41) is 2.58. The van der Waals surface area contributed by atoms with Crippen LogP contribution in [0.4, 0.5) is 10.1 Å². The van der Waals surface area contributed by atoms with E-state index in [-0.39, 0.29) is 48.3 Å². The number of nitrogens with one attached hydrogen (secondary N) is 1. The fourth-order valence-electron chi connectivity index (χ4n) is 2.09. The molecule has 0 saturated carbocycles. The Hall–Kier alpha value is -1.87. The van der Waals surface area contributed by atoms with E-state index in [9.17, 15) is 17.6 Å². The van der Waals surface area contributed by atoms with Crippen molar-refractivity contribution in [1.29, 1.82) is 0 Å². The molecule has 1 aliphatic rings. The first kappa shape index (κ1) is 15.5.